The van der Waals surface area contributed by atoms with Gasteiger partial charge in [0.1, 0.15) is 17.2 Å². The average molecular weight is 554 g/mol. The number of aliphatic imine (C=N–C) groups is 1. The molecule has 2 unspecified atom stereocenters. The number of nitrogens with zero attached hydrogens (tertiary/aromatic N) is 2. The van der Waals surface area contributed by atoms with Gasteiger partial charge in [-0.1, -0.05) is 62.6 Å². The Morgan fingerprint density at radius 2 is 2.00 bits per heavy atom. The standard InChI is InChI=1S/C30H33ClFN3O4/c1-3-4-7-25(20-8-10-21(11-9-20)28(38)33-16-14-26(36)37)35-29(39)27(22-12-13-24(32)23(31)17-22)34-30(35)15-5-6-19(2)18-30/h5-6,8-13,17,19,25H,3-4,7,14-16,18H2,1-2H3,(H,33,38)(H,36,37)/t19?,25-,30?/m1/s1. The number of carbonyl (C=O) groups excluding carboxylic acids is 2. The molecule has 2 amide bonds. The van der Waals surface area contributed by atoms with Crippen molar-refractivity contribution in [3.05, 3.63) is 82.1 Å². The number of benzene rings is 2. The summed E-state index contributed by atoms with van der Waals surface area (Å²) in [6.07, 6.45) is 7.79. The summed E-state index contributed by atoms with van der Waals surface area (Å²) in [6.45, 7) is 4.23. The maximum atomic E-state index is 14.1. The lowest BCUT2D eigenvalue weighted by atomic mass is 9.84. The Morgan fingerprint density at radius 1 is 1.26 bits per heavy atom. The van der Waals surface area contributed by atoms with Crippen molar-refractivity contribution in [3.8, 4) is 0 Å². The molecule has 0 aromatic heterocycles. The summed E-state index contributed by atoms with van der Waals surface area (Å²) >= 11 is 6.06. The van der Waals surface area contributed by atoms with Crippen LogP contribution in [0.15, 0.2) is 59.6 Å². The van der Waals surface area contributed by atoms with Crippen LogP contribution in [0.4, 0.5) is 4.39 Å². The van der Waals surface area contributed by atoms with Crippen molar-refractivity contribution in [2.45, 2.75) is 64.1 Å². The number of rotatable bonds is 10. The second-order valence-corrected chi connectivity index (χ2v) is 10.6. The van der Waals surface area contributed by atoms with Crippen molar-refractivity contribution >= 4 is 35.1 Å². The van der Waals surface area contributed by atoms with E-state index < -0.39 is 17.4 Å². The van der Waals surface area contributed by atoms with Crippen LogP contribution in [0.2, 0.25) is 5.02 Å². The zero-order chi connectivity index (χ0) is 28.2. The molecule has 39 heavy (non-hydrogen) atoms. The van der Waals surface area contributed by atoms with Crippen LogP contribution >= 0.6 is 11.6 Å². The van der Waals surface area contributed by atoms with Gasteiger partial charge in [-0.2, -0.15) is 0 Å². The molecule has 1 spiro atoms. The van der Waals surface area contributed by atoms with Crippen LogP contribution in [-0.2, 0) is 9.59 Å². The lowest BCUT2D eigenvalue weighted by molar-refractivity contribution is -0.137. The molecule has 3 atom stereocenters. The highest BCUT2D eigenvalue weighted by atomic mass is 35.5. The molecule has 7 nitrogen and oxygen atoms in total. The summed E-state index contributed by atoms with van der Waals surface area (Å²) in [6, 6.07) is 11.0. The number of nitrogens with one attached hydrogen (secondary N) is 1. The Hall–Kier alpha value is -3.52. The minimum Gasteiger partial charge on any atom is -0.481 e. The van der Waals surface area contributed by atoms with Crippen LogP contribution in [0.5, 0.6) is 0 Å². The first-order valence-corrected chi connectivity index (χ1v) is 13.7. The van der Waals surface area contributed by atoms with Gasteiger partial charge in [-0.25, -0.2) is 4.39 Å². The van der Waals surface area contributed by atoms with Gasteiger partial charge in [-0.3, -0.25) is 19.4 Å². The number of halogens is 2. The molecule has 2 aliphatic rings. The number of hydrogen-bond acceptors (Lipinski definition) is 4. The van der Waals surface area contributed by atoms with Crippen LogP contribution in [0, 0.1) is 11.7 Å². The fourth-order valence-corrected chi connectivity index (χ4v) is 5.58. The van der Waals surface area contributed by atoms with Crippen LogP contribution < -0.4 is 5.32 Å². The van der Waals surface area contributed by atoms with E-state index in [0.717, 1.165) is 18.4 Å². The van der Waals surface area contributed by atoms with Crippen molar-refractivity contribution in [1.29, 1.82) is 0 Å². The highest BCUT2D eigenvalue weighted by Gasteiger charge is 2.51. The van der Waals surface area contributed by atoms with Gasteiger partial charge in [0.2, 0.25) is 0 Å². The fraction of sp³-hybridized carbons (Fsp3) is 0.400. The maximum absolute atomic E-state index is 14.1. The van der Waals surface area contributed by atoms with Crippen LogP contribution in [0.1, 0.15) is 79.9 Å². The number of amides is 2. The molecule has 1 aliphatic heterocycles. The highest BCUT2D eigenvalue weighted by molar-refractivity contribution is 6.47. The molecule has 1 aliphatic carbocycles. The Kier molecular flexibility index (Phi) is 8.85. The molecule has 0 saturated heterocycles. The first-order valence-electron chi connectivity index (χ1n) is 13.3. The van der Waals surface area contributed by atoms with Crippen molar-refractivity contribution in [1.82, 2.24) is 10.2 Å². The fourth-order valence-electron chi connectivity index (χ4n) is 5.40. The second-order valence-electron chi connectivity index (χ2n) is 10.2. The van der Waals surface area contributed by atoms with Gasteiger partial charge in [-0.05, 0) is 54.7 Å². The topological polar surface area (TPSA) is 99.1 Å². The Bertz CT molecular complexity index is 1310. The Labute approximate surface area is 232 Å². The minimum absolute atomic E-state index is 0.0407. The SMILES string of the molecule is CCCC[C@H](c1ccc(C(=O)NCCC(=O)O)cc1)N1C(=O)C(c2ccc(F)c(Cl)c2)=NC12CC=CC(C)C2. The summed E-state index contributed by atoms with van der Waals surface area (Å²) in [5, 5.41) is 11.4. The normalized spacial score (nSPS) is 21.2. The monoisotopic (exact) mass is 553 g/mol. The third-order valence-corrected chi connectivity index (χ3v) is 7.56. The molecule has 1 heterocycles. The number of carboxylic acids is 1. The molecule has 0 bridgehead atoms. The van der Waals surface area contributed by atoms with Gasteiger partial charge >= 0.3 is 5.97 Å². The zero-order valence-corrected chi connectivity index (χ0v) is 22.9. The average Bonchev–Trinajstić information content (AvgIpc) is 3.17. The predicted octanol–water partition coefficient (Wildman–Crippen LogP) is 5.93. The molecule has 2 N–H and O–H groups in total. The number of carboxylic acid groups (broad SMARTS) is 1. The molecule has 0 fully saturated rings. The first kappa shape index (κ1) is 28.5. The predicted molar refractivity (Wildman–Crippen MR) is 148 cm³/mol. The summed E-state index contributed by atoms with van der Waals surface area (Å²) in [4.78, 5) is 44.3. The van der Waals surface area contributed by atoms with Gasteiger partial charge < -0.3 is 15.3 Å². The largest absolute Gasteiger partial charge is 0.481 e. The molecule has 0 radical (unpaired) electrons. The van der Waals surface area contributed by atoms with Gasteiger partial charge in [0, 0.05) is 24.1 Å². The number of allylic oxidation sites excluding steroid dienone is 1. The third kappa shape index (κ3) is 6.22. The van der Waals surface area contributed by atoms with E-state index >= 15 is 0 Å². The second kappa shape index (κ2) is 12.1. The van der Waals surface area contributed by atoms with E-state index in [9.17, 15) is 18.8 Å². The van der Waals surface area contributed by atoms with E-state index in [1.807, 2.05) is 17.0 Å². The summed E-state index contributed by atoms with van der Waals surface area (Å²) in [7, 11) is 0. The lowest BCUT2D eigenvalue weighted by Crippen LogP contribution is -2.50. The van der Waals surface area contributed by atoms with E-state index in [0.29, 0.717) is 30.4 Å². The first-order chi connectivity index (χ1) is 18.6. The van der Waals surface area contributed by atoms with E-state index in [1.54, 1.807) is 12.1 Å². The van der Waals surface area contributed by atoms with Gasteiger partial charge in [0.15, 0.2) is 0 Å². The van der Waals surface area contributed by atoms with Crippen molar-refractivity contribution in [2.75, 3.05) is 6.54 Å². The van der Waals surface area contributed by atoms with Crippen LogP contribution in [0.25, 0.3) is 0 Å². The van der Waals surface area contributed by atoms with E-state index in [1.165, 1.54) is 18.2 Å². The quantitative estimate of drug-likeness (QED) is 0.356. The number of aliphatic carboxylic acids is 1. The highest BCUT2D eigenvalue weighted by Crippen LogP contribution is 2.45. The van der Waals surface area contributed by atoms with Gasteiger partial charge in [-0.15, -0.1) is 0 Å². The molecular weight excluding hydrogens is 521 g/mol. The molecule has 2 aromatic carbocycles. The Balaban J connectivity index is 1.70. The molecule has 9 heteroatoms. The molecule has 0 saturated carbocycles. The van der Waals surface area contributed by atoms with Gasteiger partial charge in [0.25, 0.3) is 11.8 Å². The number of unbranched alkanes of at least 4 members (excludes halogenated alkanes) is 1. The van der Waals surface area contributed by atoms with Crippen LogP contribution in [0.3, 0.4) is 0 Å². The molecular formula is C30H33ClFN3O4. The summed E-state index contributed by atoms with van der Waals surface area (Å²) in [5.74, 6) is -1.91. The minimum atomic E-state index is -0.981. The van der Waals surface area contributed by atoms with E-state index in [-0.39, 0.29) is 47.5 Å². The maximum Gasteiger partial charge on any atom is 0.305 e. The number of carbonyl (C=O) groups is 3. The third-order valence-electron chi connectivity index (χ3n) is 7.27. The lowest BCUT2D eigenvalue weighted by Gasteiger charge is -2.44. The molecule has 4 rings (SSSR count). The molecule has 206 valence electrons. The van der Waals surface area contributed by atoms with Gasteiger partial charge in [0.05, 0.1) is 17.5 Å². The zero-order valence-electron chi connectivity index (χ0n) is 22.1. The number of hydrogen-bond donors (Lipinski definition) is 2. The van der Waals surface area contributed by atoms with E-state index in [2.05, 4.69) is 31.3 Å². The van der Waals surface area contributed by atoms with Crippen molar-refractivity contribution < 1.29 is 23.9 Å². The van der Waals surface area contributed by atoms with Crippen molar-refractivity contribution in [3.63, 3.8) is 0 Å². The molecule has 2 aromatic rings. The van der Waals surface area contributed by atoms with Crippen molar-refractivity contribution in [2.24, 2.45) is 10.9 Å². The summed E-state index contributed by atoms with van der Waals surface area (Å²) in [5.41, 5.74) is 1.27. The Morgan fingerprint density at radius 3 is 2.64 bits per heavy atom. The summed E-state index contributed by atoms with van der Waals surface area (Å²) < 4.78 is 13.9. The van der Waals surface area contributed by atoms with E-state index in [4.69, 9.17) is 21.7 Å². The van der Waals surface area contributed by atoms with Crippen LogP contribution in [-0.4, -0.2) is 45.7 Å². The smallest absolute Gasteiger partial charge is 0.305 e.